The largest absolute Gasteiger partial charge is 0.393 e. The van der Waals surface area contributed by atoms with Gasteiger partial charge in [-0.05, 0) is 50.5 Å². The molecule has 1 atom stereocenters. The highest BCUT2D eigenvalue weighted by Crippen LogP contribution is 2.19. The maximum absolute atomic E-state index is 11.9. The van der Waals surface area contributed by atoms with Gasteiger partial charge in [-0.3, -0.25) is 4.79 Å². The van der Waals surface area contributed by atoms with Crippen LogP contribution in [0.5, 0.6) is 0 Å². The van der Waals surface area contributed by atoms with Crippen LogP contribution in [-0.4, -0.2) is 29.7 Å². The number of nitrogens with one attached hydrogen (secondary N) is 1. The van der Waals surface area contributed by atoms with Gasteiger partial charge < -0.3 is 16.2 Å². The van der Waals surface area contributed by atoms with Crippen molar-refractivity contribution in [2.45, 2.75) is 64.5 Å². The summed E-state index contributed by atoms with van der Waals surface area (Å²) in [5.74, 6) is 0.989. The van der Waals surface area contributed by atoms with Gasteiger partial charge >= 0.3 is 0 Å². The second kappa shape index (κ2) is 7.74. The van der Waals surface area contributed by atoms with Gasteiger partial charge in [-0.1, -0.05) is 13.8 Å². The third-order valence-electron chi connectivity index (χ3n) is 3.67. The van der Waals surface area contributed by atoms with Gasteiger partial charge in [0, 0.05) is 12.5 Å². The monoisotopic (exact) mass is 256 g/mol. The number of hydrogen-bond donors (Lipinski definition) is 3. The molecule has 1 aliphatic rings. The predicted molar refractivity (Wildman–Crippen MR) is 73.0 cm³/mol. The molecule has 0 bridgehead atoms. The van der Waals surface area contributed by atoms with Gasteiger partial charge in [-0.25, -0.2) is 0 Å². The van der Waals surface area contributed by atoms with E-state index in [0.29, 0.717) is 24.8 Å². The fourth-order valence-electron chi connectivity index (χ4n) is 2.70. The SMILES string of the molecule is CC(C)C[C@H](CN)CC(=O)NC1CCC(O)CC1. The molecular weight excluding hydrogens is 228 g/mol. The Kier molecular flexibility index (Phi) is 6.65. The molecule has 0 aromatic carbocycles. The molecule has 0 spiro atoms. The molecule has 106 valence electrons. The number of aliphatic hydroxyl groups is 1. The van der Waals surface area contributed by atoms with E-state index in [2.05, 4.69) is 19.2 Å². The van der Waals surface area contributed by atoms with Crippen LogP contribution in [-0.2, 0) is 4.79 Å². The molecule has 0 heterocycles. The summed E-state index contributed by atoms with van der Waals surface area (Å²) in [6, 6.07) is 0.248. The molecule has 0 unspecified atom stereocenters. The van der Waals surface area contributed by atoms with Crippen molar-refractivity contribution in [2.24, 2.45) is 17.6 Å². The first-order chi connectivity index (χ1) is 8.51. The predicted octanol–water partition coefficient (Wildman–Crippen LogP) is 1.42. The molecule has 4 nitrogen and oxygen atoms in total. The van der Waals surface area contributed by atoms with Gasteiger partial charge in [0.1, 0.15) is 0 Å². The van der Waals surface area contributed by atoms with Crippen LogP contribution >= 0.6 is 0 Å². The van der Waals surface area contributed by atoms with E-state index in [-0.39, 0.29) is 18.1 Å². The Morgan fingerprint density at radius 3 is 2.44 bits per heavy atom. The molecule has 4 heteroatoms. The van der Waals surface area contributed by atoms with Crippen LogP contribution in [0.15, 0.2) is 0 Å². The lowest BCUT2D eigenvalue weighted by atomic mass is 9.91. The van der Waals surface area contributed by atoms with E-state index in [1.54, 1.807) is 0 Å². The minimum Gasteiger partial charge on any atom is -0.393 e. The van der Waals surface area contributed by atoms with E-state index >= 15 is 0 Å². The lowest BCUT2D eigenvalue weighted by Gasteiger charge is -2.27. The third-order valence-corrected chi connectivity index (χ3v) is 3.67. The van der Waals surface area contributed by atoms with Crippen molar-refractivity contribution in [3.05, 3.63) is 0 Å². The number of aliphatic hydroxyl groups excluding tert-OH is 1. The van der Waals surface area contributed by atoms with Crippen molar-refractivity contribution >= 4 is 5.91 Å². The van der Waals surface area contributed by atoms with Crippen molar-refractivity contribution in [1.29, 1.82) is 0 Å². The molecular formula is C14H28N2O2. The van der Waals surface area contributed by atoms with Crippen LogP contribution in [0.1, 0.15) is 52.4 Å². The Morgan fingerprint density at radius 2 is 1.94 bits per heavy atom. The summed E-state index contributed by atoms with van der Waals surface area (Å²) in [5.41, 5.74) is 5.71. The standard InChI is InChI=1S/C14H28N2O2/c1-10(2)7-11(9-15)8-14(18)16-12-3-5-13(17)6-4-12/h10-13,17H,3-9,15H2,1-2H3,(H,16,18)/t11-,12?,13?/m0/s1. The summed E-state index contributed by atoms with van der Waals surface area (Å²) in [5, 5.41) is 12.5. The van der Waals surface area contributed by atoms with Gasteiger partial charge in [0.05, 0.1) is 6.10 Å². The first kappa shape index (κ1) is 15.4. The maximum Gasteiger partial charge on any atom is 0.220 e. The third kappa shape index (κ3) is 5.83. The average Bonchev–Trinajstić information content (AvgIpc) is 2.30. The first-order valence-electron chi connectivity index (χ1n) is 7.18. The highest BCUT2D eigenvalue weighted by molar-refractivity contribution is 5.76. The van der Waals surface area contributed by atoms with Crippen LogP contribution in [0.4, 0.5) is 0 Å². The zero-order valence-corrected chi connectivity index (χ0v) is 11.7. The van der Waals surface area contributed by atoms with E-state index in [9.17, 15) is 9.90 Å². The van der Waals surface area contributed by atoms with E-state index in [0.717, 1.165) is 32.1 Å². The quantitative estimate of drug-likeness (QED) is 0.672. The zero-order chi connectivity index (χ0) is 13.5. The second-order valence-corrected chi connectivity index (χ2v) is 6.01. The van der Waals surface area contributed by atoms with E-state index in [4.69, 9.17) is 5.73 Å². The number of rotatable bonds is 6. The van der Waals surface area contributed by atoms with Gasteiger partial charge in [-0.2, -0.15) is 0 Å². The Morgan fingerprint density at radius 1 is 1.33 bits per heavy atom. The number of nitrogens with two attached hydrogens (primary N) is 1. The summed E-state index contributed by atoms with van der Waals surface area (Å²) in [4.78, 5) is 11.9. The average molecular weight is 256 g/mol. The molecule has 1 rings (SSSR count). The Bertz CT molecular complexity index is 248. The van der Waals surface area contributed by atoms with Crippen molar-refractivity contribution in [2.75, 3.05) is 6.54 Å². The van der Waals surface area contributed by atoms with Crippen molar-refractivity contribution < 1.29 is 9.90 Å². The first-order valence-corrected chi connectivity index (χ1v) is 7.18. The number of carbonyl (C=O) groups excluding carboxylic acids is 1. The summed E-state index contributed by atoms with van der Waals surface area (Å²) in [6.07, 6.45) is 4.76. The highest BCUT2D eigenvalue weighted by atomic mass is 16.3. The number of hydrogen-bond acceptors (Lipinski definition) is 3. The molecule has 0 aromatic heterocycles. The van der Waals surface area contributed by atoms with Crippen molar-refractivity contribution in [3.63, 3.8) is 0 Å². The molecule has 0 aliphatic heterocycles. The Hall–Kier alpha value is -0.610. The Balaban J connectivity index is 2.27. The number of amides is 1. The summed E-state index contributed by atoms with van der Waals surface area (Å²) in [7, 11) is 0. The van der Waals surface area contributed by atoms with Crippen molar-refractivity contribution in [1.82, 2.24) is 5.32 Å². The number of carbonyl (C=O) groups is 1. The van der Waals surface area contributed by atoms with Crippen LogP contribution in [0.2, 0.25) is 0 Å². The fourth-order valence-corrected chi connectivity index (χ4v) is 2.70. The van der Waals surface area contributed by atoms with Crippen LogP contribution in [0.3, 0.4) is 0 Å². The molecule has 0 radical (unpaired) electrons. The summed E-state index contributed by atoms with van der Waals surface area (Å²) >= 11 is 0. The Labute approximate surface area is 110 Å². The maximum atomic E-state index is 11.9. The van der Waals surface area contributed by atoms with E-state index in [1.807, 2.05) is 0 Å². The van der Waals surface area contributed by atoms with Gasteiger partial charge in [0.15, 0.2) is 0 Å². The molecule has 0 saturated heterocycles. The van der Waals surface area contributed by atoms with E-state index < -0.39 is 0 Å². The molecule has 1 amide bonds. The topological polar surface area (TPSA) is 75.4 Å². The zero-order valence-electron chi connectivity index (χ0n) is 11.7. The summed E-state index contributed by atoms with van der Waals surface area (Å²) in [6.45, 7) is 4.89. The van der Waals surface area contributed by atoms with Gasteiger partial charge in [0.2, 0.25) is 5.91 Å². The lowest BCUT2D eigenvalue weighted by Crippen LogP contribution is -2.39. The molecule has 0 aromatic rings. The minimum atomic E-state index is -0.170. The van der Waals surface area contributed by atoms with Crippen molar-refractivity contribution in [3.8, 4) is 0 Å². The summed E-state index contributed by atoms with van der Waals surface area (Å²) < 4.78 is 0. The van der Waals surface area contributed by atoms with Gasteiger partial charge in [-0.15, -0.1) is 0 Å². The smallest absolute Gasteiger partial charge is 0.220 e. The van der Waals surface area contributed by atoms with Crippen LogP contribution in [0.25, 0.3) is 0 Å². The van der Waals surface area contributed by atoms with Gasteiger partial charge in [0.25, 0.3) is 0 Å². The van der Waals surface area contributed by atoms with Crippen LogP contribution in [0, 0.1) is 11.8 Å². The molecule has 18 heavy (non-hydrogen) atoms. The molecule has 1 saturated carbocycles. The molecule has 4 N–H and O–H groups in total. The molecule has 1 aliphatic carbocycles. The van der Waals surface area contributed by atoms with Crippen LogP contribution < -0.4 is 11.1 Å². The van der Waals surface area contributed by atoms with E-state index in [1.165, 1.54) is 0 Å². The fraction of sp³-hybridized carbons (Fsp3) is 0.929. The minimum absolute atomic E-state index is 0.118. The highest BCUT2D eigenvalue weighted by Gasteiger charge is 2.22. The lowest BCUT2D eigenvalue weighted by molar-refractivity contribution is -0.123. The molecule has 1 fully saturated rings. The normalized spacial score (nSPS) is 26.1. The second-order valence-electron chi connectivity index (χ2n) is 6.01.